The maximum absolute atomic E-state index is 13.2. The first-order valence-corrected chi connectivity index (χ1v) is 12.8. The van der Waals surface area contributed by atoms with Crippen molar-refractivity contribution < 1.29 is 24.3 Å². The fraction of sp³-hybridized carbons (Fsp3) is 0.360. The van der Waals surface area contributed by atoms with Gasteiger partial charge in [-0.05, 0) is 48.1 Å². The monoisotopic (exact) mass is 515 g/mol. The molecular weight excluding hydrogens is 482 g/mol. The molecule has 2 aromatic rings. The predicted octanol–water partition coefficient (Wildman–Crippen LogP) is -0.171. The number of phenolic OH excluding ortho intramolecular Hbond substituents is 1. The number of nitrogens with two attached hydrogens (primary N) is 2. The number of primary amides is 1. The molecule has 0 aliphatic rings. The average Bonchev–Trinajstić information content (AvgIpc) is 2.86. The number of nitrogens with one attached hydrogen (secondary N) is 3. The van der Waals surface area contributed by atoms with Crippen LogP contribution in [0.15, 0.2) is 54.6 Å². The molecule has 0 fully saturated rings. The van der Waals surface area contributed by atoms with E-state index >= 15 is 0 Å². The Labute approximate surface area is 214 Å². The number of aromatic hydroxyl groups is 1. The molecule has 11 heteroatoms. The van der Waals surface area contributed by atoms with Crippen LogP contribution in [-0.4, -0.2) is 65.4 Å². The fourth-order valence-electron chi connectivity index (χ4n) is 3.39. The fourth-order valence-corrected chi connectivity index (χ4v) is 3.86. The first-order chi connectivity index (χ1) is 17.2. The first kappa shape index (κ1) is 28.7. The summed E-state index contributed by atoms with van der Waals surface area (Å²) >= 11 is 1.51. The molecule has 36 heavy (non-hydrogen) atoms. The molecule has 8 N–H and O–H groups in total. The van der Waals surface area contributed by atoms with Crippen molar-refractivity contribution in [1.82, 2.24) is 16.0 Å². The average molecular weight is 516 g/mol. The molecule has 0 heterocycles. The highest BCUT2D eigenvalue weighted by molar-refractivity contribution is 7.98. The van der Waals surface area contributed by atoms with Gasteiger partial charge in [0.1, 0.15) is 17.8 Å². The minimum Gasteiger partial charge on any atom is -0.508 e. The summed E-state index contributed by atoms with van der Waals surface area (Å²) in [7, 11) is 0. The van der Waals surface area contributed by atoms with Crippen LogP contribution in [0.4, 0.5) is 0 Å². The Hall–Kier alpha value is -3.57. The number of thioether (sulfide) groups is 1. The Kier molecular flexibility index (Phi) is 11.7. The molecule has 0 aliphatic carbocycles. The maximum atomic E-state index is 13.2. The molecule has 0 spiro atoms. The molecular formula is C25H33N5O5S. The highest BCUT2D eigenvalue weighted by Gasteiger charge is 2.28. The van der Waals surface area contributed by atoms with E-state index in [4.69, 9.17) is 11.5 Å². The zero-order valence-corrected chi connectivity index (χ0v) is 20.9. The van der Waals surface area contributed by atoms with Crippen molar-refractivity contribution in [3.63, 3.8) is 0 Å². The summed E-state index contributed by atoms with van der Waals surface area (Å²) in [5.74, 6) is -1.63. The second-order valence-electron chi connectivity index (χ2n) is 8.25. The molecule has 0 aliphatic heterocycles. The van der Waals surface area contributed by atoms with E-state index in [0.717, 1.165) is 11.1 Å². The summed E-state index contributed by atoms with van der Waals surface area (Å²) in [6, 6.07) is 12.6. The van der Waals surface area contributed by atoms with E-state index in [1.807, 2.05) is 36.6 Å². The van der Waals surface area contributed by atoms with Gasteiger partial charge in [-0.3, -0.25) is 19.2 Å². The lowest BCUT2D eigenvalue weighted by Gasteiger charge is -2.24. The van der Waals surface area contributed by atoms with Gasteiger partial charge in [0, 0.05) is 6.42 Å². The van der Waals surface area contributed by atoms with Gasteiger partial charge in [-0.2, -0.15) is 11.8 Å². The smallest absolute Gasteiger partial charge is 0.243 e. The third-order valence-electron chi connectivity index (χ3n) is 5.32. The Morgan fingerprint density at radius 3 is 2.08 bits per heavy atom. The van der Waals surface area contributed by atoms with E-state index < -0.39 is 41.8 Å². The predicted molar refractivity (Wildman–Crippen MR) is 139 cm³/mol. The van der Waals surface area contributed by atoms with Crippen molar-refractivity contribution in [3.8, 4) is 5.75 Å². The molecule has 0 bridgehead atoms. The number of hydrogen-bond donors (Lipinski definition) is 6. The van der Waals surface area contributed by atoms with E-state index in [0.29, 0.717) is 12.2 Å². The third kappa shape index (κ3) is 9.96. The van der Waals surface area contributed by atoms with Crippen LogP contribution in [0.25, 0.3) is 0 Å². The van der Waals surface area contributed by atoms with E-state index in [9.17, 15) is 24.3 Å². The molecule has 3 atom stereocenters. The third-order valence-corrected chi connectivity index (χ3v) is 5.97. The van der Waals surface area contributed by atoms with Crippen LogP contribution >= 0.6 is 11.8 Å². The Bertz CT molecular complexity index is 1020. The van der Waals surface area contributed by atoms with E-state index in [1.165, 1.54) is 23.9 Å². The SMILES string of the molecule is CSCC[C@@H](NC(=O)C(N)Cc1ccc(O)cc1)C(=O)NC(Cc1ccccc1)C(=O)NCC(N)=O. The molecule has 0 saturated heterocycles. The summed E-state index contributed by atoms with van der Waals surface area (Å²) < 4.78 is 0. The number of carbonyl (C=O) groups is 4. The zero-order chi connectivity index (χ0) is 26.5. The number of benzene rings is 2. The first-order valence-electron chi connectivity index (χ1n) is 11.4. The molecule has 0 aromatic heterocycles. The maximum Gasteiger partial charge on any atom is 0.243 e. The van der Waals surface area contributed by atoms with Crippen molar-refractivity contribution >= 4 is 35.4 Å². The van der Waals surface area contributed by atoms with Gasteiger partial charge >= 0.3 is 0 Å². The largest absolute Gasteiger partial charge is 0.508 e. The van der Waals surface area contributed by atoms with Gasteiger partial charge in [-0.15, -0.1) is 0 Å². The van der Waals surface area contributed by atoms with Gasteiger partial charge in [0.05, 0.1) is 12.6 Å². The lowest BCUT2D eigenvalue weighted by Crippen LogP contribution is -2.57. The van der Waals surface area contributed by atoms with Crippen LogP contribution in [-0.2, 0) is 32.0 Å². The molecule has 2 unspecified atom stereocenters. The van der Waals surface area contributed by atoms with Crippen LogP contribution in [0.5, 0.6) is 5.75 Å². The lowest BCUT2D eigenvalue weighted by atomic mass is 10.0. The van der Waals surface area contributed by atoms with Gasteiger partial charge in [-0.1, -0.05) is 42.5 Å². The normalized spacial score (nSPS) is 13.2. The van der Waals surface area contributed by atoms with Gasteiger partial charge in [-0.25, -0.2) is 0 Å². The summed E-state index contributed by atoms with van der Waals surface area (Å²) in [4.78, 5) is 49.8. The standard InChI is InChI=1S/C25H33N5O5S/c1-36-12-11-20(29-23(33)19(26)13-17-7-9-18(31)10-8-17)25(35)30-21(24(34)28-15-22(27)32)14-16-5-3-2-4-6-16/h2-10,19-21,31H,11-15,26H2,1H3,(H2,27,32)(H,28,34)(H,29,33)(H,30,35)/t19?,20-,21?/m1/s1. The van der Waals surface area contributed by atoms with Crippen molar-refractivity contribution in [1.29, 1.82) is 0 Å². The van der Waals surface area contributed by atoms with Gasteiger partial charge in [0.2, 0.25) is 23.6 Å². The minimum absolute atomic E-state index is 0.107. The molecule has 2 rings (SSSR count). The number of hydrogen-bond acceptors (Lipinski definition) is 7. The van der Waals surface area contributed by atoms with Gasteiger partial charge < -0.3 is 32.5 Å². The second kappa shape index (κ2) is 14.7. The molecule has 10 nitrogen and oxygen atoms in total. The van der Waals surface area contributed by atoms with E-state index in [2.05, 4.69) is 16.0 Å². The molecule has 4 amide bonds. The molecule has 0 saturated carbocycles. The van der Waals surface area contributed by atoms with Gasteiger partial charge in [0.25, 0.3) is 0 Å². The summed E-state index contributed by atoms with van der Waals surface area (Å²) in [6.07, 6.45) is 2.60. The van der Waals surface area contributed by atoms with Crippen molar-refractivity contribution in [2.24, 2.45) is 11.5 Å². The number of amides is 4. The molecule has 0 radical (unpaired) electrons. The highest BCUT2D eigenvalue weighted by Crippen LogP contribution is 2.11. The summed E-state index contributed by atoms with van der Waals surface area (Å²) in [6.45, 7) is -0.362. The van der Waals surface area contributed by atoms with Crippen LogP contribution in [0.1, 0.15) is 17.5 Å². The van der Waals surface area contributed by atoms with E-state index in [-0.39, 0.29) is 25.1 Å². The minimum atomic E-state index is -0.987. The van der Waals surface area contributed by atoms with Crippen molar-refractivity contribution in [2.75, 3.05) is 18.6 Å². The topological polar surface area (TPSA) is 177 Å². The van der Waals surface area contributed by atoms with Crippen LogP contribution < -0.4 is 27.4 Å². The van der Waals surface area contributed by atoms with Crippen molar-refractivity contribution in [3.05, 3.63) is 65.7 Å². The quantitative estimate of drug-likeness (QED) is 0.202. The van der Waals surface area contributed by atoms with Crippen LogP contribution in [0, 0.1) is 0 Å². The molecule has 2 aromatic carbocycles. The summed E-state index contributed by atoms with van der Waals surface area (Å²) in [5.41, 5.74) is 12.8. The Morgan fingerprint density at radius 1 is 0.861 bits per heavy atom. The molecule has 194 valence electrons. The highest BCUT2D eigenvalue weighted by atomic mass is 32.2. The zero-order valence-electron chi connectivity index (χ0n) is 20.1. The van der Waals surface area contributed by atoms with Crippen LogP contribution in [0.3, 0.4) is 0 Å². The Morgan fingerprint density at radius 2 is 1.47 bits per heavy atom. The van der Waals surface area contributed by atoms with Gasteiger partial charge in [0.15, 0.2) is 0 Å². The number of rotatable bonds is 14. The summed E-state index contributed by atoms with van der Waals surface area (Å²) in [5, 5.41) is 17.2. The number of phenols is 1. The van der Waals surface area contributed by atoms with Crippen LogP contribution in [0.2, 0.25) is 0 Å². The van der Waals surface area contributed by atoms with Crippen molar-refractivity contribution in [2.45, 2.75) is 37.4 Å². The number of carbonyl (C=O) groups excluding carboxylic acids is 4. The Balaban J connectivity index is 2.10. The van der Waals surface area contributed by atoms with E-state index in [1.54, 1.807) is 12.1 Å². The lowest BCUT2D eigenvalue weighted by molar-refractivity contribution is -0.132. The second-order valence-corrected chi connectivity index (χ2v) is 9.24.